The summed E-state index contributed by atoms with van der Waals surface area (Å²) in [5, 5.41) is 6.69. The molecule has 0 aliphatic rings. The highest BCUT2D eigenvalue weighted by Gasteiger charge is 2.14. The fraction of sp³-hybridized carbons (Fsp3) is 0.100. The number of hydrogen-bond donors (Lipinski definition) is 1. The summed E-state index contributed by atoms with van der Waals surface area (Å²) in [5.41, 5.74) is 0.990. The van der Waals surface area contributed by atoms with Crippen molar-refractivity contribution in [3.05, 3.63) is 65.9 Å². The molecule has 0 bridgehead atoms. The van der Waals surface area contributed by atoms with Crippen molar-refractivity contribution in [2.45, 2.75) is 6.92 Å². The summed E-state index contributed by atoms with van der Waals surface area (Å²) in [6, 6.07) is 18.0. The maximum atomic E-state index is 12.0. The summed E-state index contributed by atoms with van der Waals surface area (Å²) >= 11 is 0. The van der Waals surface area contributed by atoms with E-state index in [1.807, 2.05) is 48.5 Å². The predicted molar refractivity (Wildman–Crippen MR) is 95.3 cm³/mol. The third-order valence-corrected chi connectivity index (χ3v) is 3.82. The number of methoxy groups -OCH3 is 1. The van der Waals surface area contributed by atoms with Gasteiger partial charge in [-0.25, -0.2) is 4.79 Å². The quantitative estimate of drug-likeness (QED) is 0.455. The number of rotatable bonds is 3. The topological polar surface area (TPSA) is 55.4 Å². The molecular formula is C20H17NO3. The summed E-state index contributed by atoms with van der Waals surface area (Å²) in [7, 11) is 1.29. The highest BCUT2D eigenvalue weighted by atomic mass is 16.5. The molecule has 1 amide bonds. The van der Waals surface area contributed by atoms with Gasteiger partial charge < -0.3 is 10.1 Å². The number of amides is 1. The molecule has 4 nitrogen and oxygen atoms in total. The Labute approximate surface area is 139 Å². The van der Waals surface area contributed by atoms with Gasteiger partial charge in [0.1, 0.15) is 5.70 Å². The van der Waals surface area contributed by atoms with Crippen LogP contribution >= 0.6 is 0 Å². The molecule has 3 aromatic carbocycles. The van der Waals surface area contributed by atoms with Crippen LogP contribution in [0.15, 0.2) is 60.3 Å². The maximum Gasteiger partial charge on any atom is 0.354 e. The Hall–Kier alpha value is -3.14. The largest absolute Gasteiger partial charge is 0.464 e. The second-order valence-electron chi connectivity index (χ2n) is 5.46. The minimum Gasteiger partial charge on any atom is -0.464 e. The first-order chi connectivity index (χ1) is 11.6. The van der Waals surface area contributed by atoms with Gasteiger partial charge in [-0.3, -0.25) is 4.79 Å². The lowest BCUT2D eigenvalue weighted by Gasteiger charge is -2.11. The van der Waals surface area contributed by atoms with Crippen LogP contribution in [-0.4, -0.2) is 19.0 Å². The number of carbonyl (C=O) groups excluding carboxylic acids is 2. The van der Waals surface area contributed by atoms with Crippen molar-refractivity contribution in [3.63, 3.8) is 0 Å². The average molecular weight is 319 g/mol. The molecule has 0 aromatic heterocycles. The first kappa shape index (κ1) is 15.7. The lowest BCUT2D eigenvalue weighted by atomic mass is 9.96. The van der Waals surface area contributed by atoms with Gasteiger partial charge in [0.15, 0.2) is 0 Å². The third-order valence-electron chi connectivity index (χ3n) is 3.82. The van der Waals surface area contributed by atoms with E-state index < -0.39 is 5.97 Å². The van der Waals surface area contributed by atoms with Crippen LogP contribution in [0, 0.1) is 0 Å². The van der Waals surface area contributed by atoms with E-state index in [-0.39, 0.29) is 11.6 Å². The summed E-state index contributed by atoms with van der Waals surface area (Å²) in [6.45, 7) is 1.36. The normalized spacial score (nSPS) is 11.5. The van der Waals surface area contributed by atoms with Gasteiger partial charge in [0.2, 0.25) is 5.91 Å². The molecule has 0 atom stereocenters. The molecule has 1 N–H and O–H groups in total. The summed E-state index contributed by atoms with van der Waals surface area (Å²) in [4.78, 5) is 23.5. The minimum absolute atomic E-state index is 0.117. The van der Waals surface area contributed by atoms with Gasteiger partial charge in [-0.15, -0.1) is 0 Å². The van der Waals surface area contributed by atoms with E-state index in [0.717, 1.165) is 27.1 Å². The second-order valence-corrected chi connectivity index (χ2v) is 5.46. The molecule has 0 aliphatic carbocycles. The van der Waals surface area contributed by atoms with Crippen molar-refractivity contribution in [2.75, 3.05) is 7.11 Å². The molecule has 3 rings (SSSR count). The van der Waals surface area contributed by atoms with Gasteiger partial charge >= 0.3 is 5.97 Å². The smallest absolute Gasteiger partial charge is 0.354 e. The summed E-state index contributed by atoms with van der Waals surface area (Å²) < 4.78 is 4.79. The Morgan fingerprint density at radius 2 is 1.50 bits per heavy atom. The molecule has 0 heterocycles. The van der Waals surface area contributed by atoms with E-state index in [9.17, 15) is 9.59 Å². The van der Waals surface area contributed by atoms with Crippen LogP contribution in [0.2, 0.25) is 0 Å². The van der Waals surface area contributed by atoms with Crippen molar-refractivity contribution in [1.29, 1.82) is 0 Å². The number of nitrogens with one attached hydrogen (secondary N) is 1. The fourth-order valence-corrected chi connectivity index (χ4v) is 2.79. The molecule has 0 aliphatic heterocycles. The zero-order valence-corrected chi connectivity index (χ0v) is 13.5. The minimum atomic E-state index is -0.581. The Kier molecular flexibility index (Phi) is 4.29. The molecular weight excluding hydrogens is 302 g/mol. The molecule has 0 unspecified atom stereocenters. The van der Waals surface area contributed by atoms with Crippen LogP contribution in [0.1, 0.15) is 12.5 Å². The van der Waals surface area contributed by atoms with Crippen molar-refractivity contribution >= 4 is 39.5 Å². The van der Waals surface area contributed by atoms with Crippen LogP contribution in [0.25, 0.3) is 27.6 Å². The molecule has 0 saturated heterocycles. The fourth-order valence-electron chi connectivity index (χ4n) is 2.79. The van der Waals surface area contributed by atoms with Crippen molar-refractivity contribution in [1.82, 2.24) is 5.32 Å². The number of esters is 1. The Morgan fingerprint density at radius 3 is 2.00 bits per heavy atom. The monoisotopic (exact) mass is 319 g/mol. The number of benzene rings is 3. The van der Waals surface area contributed by atoms with E-state index in [0.29, 0.717) is 0 Å². The molecule has 24 heavy (non-hydrogen) atoms. The lowest BCUT2D eigenvalue weighted by Crippen LogP contribution is -2.25. The van der Waals surface area contributed by atoms with Crippen molar-refractivity contribution in [2.24, 2.45) is 0 Å². The molecule has 0 saturated carbocycles. The van der Waals surface area contributed by atoms with E-state index in [2.05, 4.69) is 11.4 Å². The van der Waals surface area contributed by atoms with Crippen molar-refractivity contribution < 1.29 is 14.3 Å². The second kappa shape index (κ2) is 6.54. The average Bonchev–Trinajstić information content (AvgIpc) is 2.59. The van der Waals surface area contributed by atoms with Gasteiger partial charge in [0.05, 0.1) is 7.11 Å². The standard InChI is InChI=1S/C20H17NO3/c1-13(22)21-19(20(23)24-2)12-18-16-9-5-3-7-14(16)11-15-8-4-6-10-17(15)18/h3-12H,1-2H3,(H,21,22). The molecule has 0 radical (unpaired) electrons. The molecule has 3 aromatic rings. The van der Waals surface area contributed by atoms with Crippen LogP contribution in [-0.2, 0) is 14.3 Å². The van der Waals surface area contributed by atoms with Gasteiger partial charge in [-0.2, -0.15) is 0 Å². The zero-order valence-electron chi connectivity index (χ0n) is 13.5. The Morgan fingerprint density at radius 1 is 0.958 bits per heavy atom. The Balaban J connectivity index is 2.34. The van der Waals surface area contributed by atoms with Gasteiger partial charge in [0, 0.05) is 6.92 Å². The number of fused-ring (bicyclic) bond motifs is 2. The van der Waals surface area contributed by atoms with Crippen LogP contribution in [0.3, 0.4) is 0 Å². The van der Waals surface area contributed by atoms with E-state index in [1.54, 1.807) is 6.08 Å². The van der Waals surface area contributed by atoms with E-state index in [4.69, 9.17) is 4.74 Å². The molecule has 0 fully saturated rings. The number of ether oxygens (including phenoxy) is 1. The van der Waals surface area contributed by atoms with Gasteiger partial charge in [-0.05, 0) is 39.3 Å². The number of carbonyl (C=O) groups is 2. The first-order valence-electron chi connectivity index (χ1n) is 7.58. The third kappa shape index (κ3) is 2.99. The highest BCUT2D eigenvalue weighted by Crippen LogP contribution is 2.30. The van der Waals surface area contributed by atoms with E-state index in [1.165, 1.54) is 14.0 Å². The highest BCUT2D eigenvalue weighted by molar-refractivity contribution is 6.09. The first-order valence-corrected chi connectivity index (χ1v) is 7.58. The van der Waals surface area contributed by atoms with Crippen molar-refractivity contribution in [3.8, 4) is 0 Å². The SMILES string of the molecule is COC(=O)C(=Cc1c2ccccc2cc2ccccc12)NC(C)=O. The van der Waals surface area contributed by atoms with Gasteiger partial charge in [0.25, 0.3) is 0 Å². The Bertz CT molecular complexity index is 919. The molecule has 0 spiro atoms. The predicted octanol–water partition coefficient (Wildman–Crippen LogP) is 3.64. The molecule has 120 valence electrons. The maximum absolute atomic E-state index is 12.0. The summed E-state index contributed by atoms with van der Waals surface area (Å²) in [6.07, 6.45) is 1.68. The van der Waals surface area contributed by atoms with Crippen LogP contribution in [0.5, 0.6) is 0 Å². The van der Waals surface area contributed by atoms with Crippen LogP contribution in [0.4, 0.5) is 0 Å². The summed E-state index contributed by atoms with van der Waals surface area (Å²) in [5.74, 6) is -0.904. The number of hydrogen-bond acceptors (Lipinski definition) is 3. The zero-order chi connectivity index (χ0) is 17.1. The van der Waals surface area contributed by atoms with Gasteiger partial charge in [-0.1, -0.05) is 48.5 Å². The molecule has 4 heteroatoms. The lowest BCUT2D eigenvalue weighted by molar-refractivity contribution is -0.137. The van der Waals surface area contributed by atoms with Crippen LogP contribution < -0.4 is 5.32 Å². The van der Waals surface area contributed by atoms with E-state index >= 15 is 0 Å².